The van der Waals surface area contributed by atoms with Crippen LogP contribution in [-0.4, -0.2) is 28.4 Å². The lowest BCUT2D eigenvalue weighted by atomic mass is 10.1. The second kappa shape index (κ2) is 13.7. The molecule has 0 aliphatic heterocycles. The summed E-state index contributed by atoms with van der Waals surface area (Å²) in [5, 5.41) is 19.0. The molecule has 0 unspecified atom stereocenters. The minimum Gasteiger partial charge on any atom is -0.325 e. The number of hydrogen-bond acceptors (Lipinski definition) is 6. The van der Waals surface area contributed by atoms with Gasteiger partial charge in [-0.2, -0.15) is 0 Å². The Kier molecular flexibility index (Phi) is 9.63. The van der Waals surface area contributed by atoms with Gasteiger partial charge in [-0.05, 0) is 61.0 Å². The minimum absolute atomic E-state index is 0.0623. The Morgan fingerprint density at radius 1 is 0.829 bits per heavy atom. The van der Waals surface area contributed by atoms with E-state index < -0.39 is 16.7 Å². The Balaban J connectivity index is 1.42. The van der Waals surface area contributed by atoms with Crippen molar-refractivity contribution in [2.75, 3.05) is 16.4 Å². The molecule has 0 aliphatic rings. The van der Waals surface area contributed by atoms with Gasteiger partial charge in [-0.1, -0.05) is 54.1 Å². The topological polar surface area (TPSA) is 130 Å². The summed E-state index contributed by atoms with van der Waals surface area (Å²) >= 11 is 1.26. The van der Waals surface area contributed by atoms with E-state index in [9.17, 15) is 24.5 Å². The van der Waals surface area contributed by atoms with Crippen molar-refractivity contribution in [2.24, 2.45) is 0 Å². The Bertz CT molecular complexity index is 1590. The molecule has 0 radical (unpaired) electrons. The van der Waals surface area contributed by atoms with Crippen molar-refractivity contribution >= 4 is 52.6 Å². The van der Waals surface area contributed by atoms with E-state index in [2.05, 4.69) is 16.0 Å². The summed E-state index contributed by atoms with van der Waals surface area (Å²) in [7, 11) is 0. The van der Waals surface area contributed by atoms with Gasteiger partial charge in [0, 0.05) is 34.0 Å². The highest BCUT2D eigenvalue weighted by Gasteiger charge is 2.15. The maximum atomic E-state index is 13.3. The quantitative estimate of drug-likeness (QED) is 0.0928. The molecule has 0 spiro atoms. The molecule has 0 atom stereocenters. The highest BCUT2D eigenvalue weighted by molar-refractivity contribution is 8.00. The Morgan fingerprint density at radius 3 is 2.22 bits per heavy atom. The molecule has 0 saturated heterocycles. The van der Waals surface area contributed by atoms with Gasteiger partial charge in [-0.3, -0.25) is 24.5 Å². The summed E-state index contributed by atoms with van der Waals surface area (Å²) in [5.74, 6) is -1.12. The summed E-state index contributed by atoms with van der Waals surface area (Å²) in [6, 6.07) is 28.7. The lowest BCUT2D eigenvalue weighted by Crippen LogP contribution is -2.30. The average Bonchev–Trinajstić information content (AvgIpc) is 2.97. The monoisotopic (exact) mass is 566 g/mol. The van der Waals surface area contributed by atoms with Crippen molar-refractivity contribution in [1.29, 1.82) is 0 Å². The first kappa shape index (κ1) is 28.8. The standard InChI is InChI=1S/C31H26N4O5S/c1-21-10-12-22(13-11-21)18-28(34-30(37)23-6-3-2-4-7-23)31(38)33-25-8-5-9-27(19-25)41-20-29(36)32-24-14-16-26(17-15-24)35(39)40/h2-19H,20H2,1H3,(H,32,36)(H,33,38)(H,34,37)/b28-18-. The van der Waals surface area contributed by atoms with Gasteiger partial charge in [0.05, 0.1) is 10.7 Å². The first-order valence-electron chi connectivity index (χ1n) is 12.5. The third-order valence-corrected chi connectivity index (χ3v) is 6.73. The number of nitrogens with one attached hydrogen (secondary N) is 3. The maximum Gasteiger partial charge on any atom is 0.272 e. The third kappa shape index (κ3) is 8.64. The molecule has 41 heavy (non-hydrogen) atoms. The molecule has 9 nitrogen and oxygen atoms in total. The SMILES string of the molecule is Cc1ccc(/C=C(\NC(=O)c2ccccc2)C(=O)Nc2cccc(SCC(=O)Nc3ccc([N+](=O)[O-])cc3)c2)cc1. The molecule has 0 bridgehead atoms. The van der Waals surface area contributed by atoms with Crippen LogP contribution in [0.2, 0.25) is 0 Å². The number of benzene rings is 4. The van der Waals surface area contributed by atoms with E-state index in [4.69, 9.17) is 0 Å². The van der Waals surface area contributed by atoms with E-state index >= 15 is 0 Å². The fourth-order valence-corrected chi connectivity index (χ4v) is 4.40. The van der Waals surface area contributed by atoms with E-state index in [-0.39, 0.29) is 23.0 Å². The summed E-state index contributed by atoms with van der Waals surface area (Å²) in [4.78, 5) is 49.5. The molecule has 0 aliphatic carbocycles. The van der Waals surface area contributed by atoms with Gasteiger partial charge < -0.3 is 16.0 Å². The molecular formula is C31H26N4O5S. The molecule has 4 rings (SSSR count). The van der Waals surface area contributed by atoms with Gasteiger partial charge in [-0.25, -0.2) is 0 Å². The lowest BCUT2D eigenvalue weighted by molar-refractivity contribution is -0.384. The number of carbonyl (C=O) groups is 3. The van der Waals surface area contributed by atoms with Crippen molar-refractivity contribution in [3.63, 3.8) is 0 Å². The summed E-state index contributed by atoms with van der Waals surface area (Å²) in [5.41, 5.74) is 3.18. The first-order chi connectivity index (χ1) is 19.8. The third-order valence-electron chi connectivity index (χ3n) is 5.74. The zero-order valence-corrected chi connectivity index (χ0v) is 22.8. The number of anilines is 2. The fourth-order valence-electron chi connectivity index (χ4n) is 3.65. The number of carbonyl (C=O) groups excluding carboxylic acids is 3. The Morgan fingerprint density at radius 2 is 1.54 bits per heavy atom. The van der Waals surface area contributed by atoms with Gasteiger partial charge in [0.25, 0.3) is 17.5 Å². The highest BCUT2D eigenvalue weighted by atomic mass is 32.2. The van der Waals surface area contributed by atoms with E-state index in [0.29, 0.717) is 16.9 Å². The second-order valence-electron chi connectivity index (χ2n) is 8.91. The molecule has 3 amide bonds. The molecule has 4 aromatic carbocycles. The van der Waals surface area contributed by atoms with Crippen LogP contribution in [0.5, 0.6) is 0 Å². The first-order valence-corrected chi connectivity index (χ1v) is 13.5. The molecule has 3 N–H and O–H groups in total. The van der Waals surface area contributed by atoms with E-state index in [1.807, 2.05) is 31.2 Å². The average molecular weight is 567 g/mol. The van der Waals surface area contributed by atoms with E-state index in [0.717, 1.165) is 16.0 Å². The van der Waals surface area contributed by atoms with Gasteiger partial charge in [0.2, 0.25) is 5.91 Å². The number of non-ortho nitro benzene ring substituents is 1. The smallest absolute Gasteiger partial charge is 0.272 e. The van der Waals surface area contributed by atoms with Crippen molar-refractivity contribution in [3.05, 3.63) is 136 Å². The molecule has 4 aromatic rings. The normalized spacial score (nSPS) is 10.9. The molecule has 0 aromatic heterocycles. The molecule has 0 fully saturated rings. The van der Waals surface area contributed by atoms with Gasteiger partial charge in [-0.15, -0.1) is 11.8 Å². The van der Waals surface area contributed by atoms with E-state index in [1.165, 1.54) is 36.0 Å². The van der Waals surface area contributed by atoms with Crippen LogP contribution in [-0.2, 0) is 9.59 Å². The zero-order chi connectivity index (χ0) is 29.2. The summed E-state index contributed by atoms with van der Waals surface area (Å²) in [6.07, 6.45) is 1.61. The minimum atomic E-state index is -0.508. The van der Waals surface area contributed by atoms with E-state index in [1.54, 1.807) is 60.7 Å². The number of rotatable bonds is 10. The highest BCUT2D eigenvalue weighted by Crippen LogP contribution is 2.23. The second-order valence-corrected chi connectivity index (χ2v) is 9.96. The van der Waals surface area contributed by atoms with Crippen LogP contribution < -0.4 is 16.0 Å². The van der Waals surface area contributed by atoms with Crippen molar-refractivity contribution in [2.45, 2.75) is 11.8 Å². The van der Waals surface area contributed by atoms with Crippen LogP contribution in [0.4, 0.5) is 17.1 Å². The van der Waals surface area contributed by atoms with Crippen molar-refractivity contribution in [1.82, 2.24) is 5.32 Å². The number of amides is 3. The summed E-state index contributed by atoms with van der Waals surface area (Å²) < 4.78 is 0. The van der Waals surface area contributed by atoms with Crippen molar-refractivity contribution in [3.8, 4) is 0 Å². The molecular weight excluding hydrogens is 540 g/mol. The van der Waals surface area contributed by atoms with Gasteiger partial charge in [0.1, 0.15) is 5.70 Å². The van der Waals surface area contributed by atoms with Crippen LogP contribution >= 0.6 is 11.8 Å². The Labute approximate surface area is 240 Å². The fraction of sp³-hybridized carbons (Fsp3) is 0.0645. The number of nitro groups is 1. The van der Waals surface area contributed by atoms with Crippen LogP contribution in [0.1, 0.15) is 21.5 Å². The zero-order valence-electron chi connectivity index (χ0n) is 22.0. The number of hydrogen-bond donors (Lipinski definition) is 3. The molecule has 10 heteroatoms. The Hall–Kier alpha value is -5.22. The van der Waals surface area contributed by atoms with Crippen LogP contribution in [0, 0.1) is 17.0 Å². The maximum absolute atomic E-state index is 13.3. The van der Waals surface area contributed by atoms with Crippen LogP contribution in [0.25, 0.3) is 6.08 Å². The largest absolute Gasteiger partial charge is 0.325 e. The summed E-state index contributed by atoms with van der Waals surface area (Å²) in [6.45, 7) is 1.96. The predicted molar refractivity (Wildman–Crippen MR) is 161 cm³/mol. The lowest BCUT2D eigenvalue weighted by Gasteiger charge is -2.12. The molecule has 206 valence electrons. The number of nitrogens with zero attached hydrogens (tertiary/aromatic N) is 1. The molecule has 0 saturated carbocycles. The number of aryl methyl sites for hydroxylation is 1. The van der Waals surface area contributed by atoms with Gasteiger partial charge >= 0.3 is 0 Å². The molecule has 0 heterocycles. The van der Waals surface area contributed by atoms with Gasteiger partial charge in [0.15, 0.2) is 0 Å². The predicted octanol–water partition coefficient (Wildman–Crippen LogP) is 6.04. The number of nitro benzene ring substituents is 1. The van der Waals surface area contributed by atoms with Crippen LogP contribution in [0.15, 0.2) is 114 Å². The van der Waals surface area contributed by atoms with Crippen molar-refractivity contribution < 1.29 is 19.3 Å². The number of thioether (sulfide) groups is 1. The van der Waals surface area contributed by atoms with Crippen LogP contribution in [0.3, 0.4) is 0 Å².